The Morgan fingerprint density at radius 1 is 1.27 bits per heavy atom. The second-order valence-electron chi connectivity index (χ2n) is 4.13. The Kier molecular flexibility index (Phi) is 3.40. The van der Waals surface area contributed by atoms with Crippen LogP contribution >= 0.6 is 0 Å². The van der Waals surface area contributed by atoms with Crippen molar-refractivity contribution in [2.24, 2.45) is 0 Å². The van der Waals surface area contributed by atoms with E-state index in [1.807, 2.05) is 31.2 Å². The summed E-state index contributed by atoms with van der Waals surface area (Å²) in [6, 6.07) is 7.88. The van der Waals surface area contributed by atoms with Crippen LogP contribution in [0.3, 0.4) is 0 Å². The van der Waals surface area contributed by atoms with Gasteiger partial charge in [-0.15, -0.1) is 0 Å². The van der Waals surface area contributed by atoms with Crippen LogP contribution in [0.2, 0.25) is 0 Å². The topological polar surface area (TPSA) is 23.9 Å². The van der Waals surface area contributed by atoms with Crippen LogP contribution in [0, 0.1) is 12.3 Å². The molecule has 0 spiro atoms. The fourth-order valence-electron chi connectivity index (χ4n) is 1.06. The Balaban J connectivity index is 2.74. The smallest absolute Gasteiger partial charge is 0.146 e. The highest BCUT2D eigenvalue weighted by Gasteiger charge is 2.19. The Bertz CT molecular complexity index is 369. The first-order valence-corrected chi connectivity index (χ1v) is 4.92. The third kappa shape index (κ3) is 3.66. The van der Waals surface area contributed by atoms with Crippen molar-refractivity contribution in [1.82, 2.24) is 0 Å². The molecular formula is C13H16FN. The van der Waals surface area contributed by atoms with Gasteiger partial charge in [0, 0.05) is 0 Å². The highest BCUT2D eigenvalue weighted by atomic mass is 19.1. The van der Waals surface area contributed by atoms with E-state index in [1.54, 1.807) is 6.08 Å². The van der Waals surface area contributed by atoms with Gasteiger partial charge in [0.1, 0.15) is 5.67 Å². The quantitative estimate of drug-likeness (QED) is 0.726. The molecule has 1 N–H and O–H groups in total. The lowest BCUT2D eigenvalue weighted by Crippen LogP contribution is -2.22. The van der Waals surface area contributed by atoms with Gasteiger partial charge in [-0.25, -0.2) is 4.39 Å². The van der Waals surface area contributed by atoms with E-state index < -0.39 is 5.67 Å². The number of hydrogen-bond donors (Lipinski definition) is 1. The summed E-state index contributed by atoms with van der Waals surface area (Å²) in [6.45, 7) is 4.78. The minimum atomic E-state index is -1.57. The zero-order valence-electron chi connectivity index (χ0n) is 9.34. The van der Waals surface area contributed by atoms with Gasteiger partial charge < -0.3 is 5.41 Å². The molecule has 0 saturated heterocycles. The number of alkyl halides is 1. The maximum absolute atomic E-state index is 13.3. The number of allylic oxidation sites excluding steroid dienone is 1. The number of benzene rings is 1. The molecule has 0 aliphatic rings. The summed E-state index contributed by atoms with van der Waals surface area (Å²) in [5, 5.41) is 7.47. The molecule has 2 heteroatoms. The fraction of sp³-hybridized carbons (Fsp3) is 0.308. The molecule has 1 aromatic carbocycles. The minimum absolute atomic E-state index is 0.0110. The van der Waals surface area contributed by atoms with Crippen molar-refractivity contribution in [3.63, 3.8) is 0 Å². The lowest BCUT2D eigenvalue weighted by atomic mass is 10.0. The Morgan fingerprint density at radius 2 is 1.80 bits per heavy atom. The summed E-state index contributed by atoms with van der Waals surface area (Å²) in [6.07, 6.45) is 3.26. The van der Waals surface area contributed by atoms with Gasteiger partial charge in [-0.3, -0.25) is 0 Å². The predicted octanol–water partition coefficient (Wildman–Crippen LogP) is 3.78. The van der Waals surface area contributed by atoms with Gasteiger partial charge in [-0.05, 0) is 32.4 Å². The first-order chi connectivity index (χ1) is 6.89. The molecule has 0 bridgehead atoms. The van der Waals surface area contributed by atoms with E-state index in [9.17, 15) is 4.39 Å². The Hall–Kier alpha value is -1.44. The highest BCUT2D eigenvalue weighted by Crippen LogP contribution is 2.12. The van der Waals surface area contributed by atoms with Crippen molar-refractivity contribution < 1.29 is 4.39 Å². The summed E-state index contributed by atoms with van der Waals surface area (Å²) in [5.41, 5.74) is 0.590. The fourth-order valence-corrected chi connectivity index (χ4v) is 1.06. The molecule has 0 amide bonds. The van der Waals surface area contributed by atoms with Gasteiger partial charge in [0.05, 0.1) is 5.71 Å². The van der Waals surface area contributed by atoms with E-state index in [4.69, 9.17) is 5.41 Å². The number of aryl methyl sites for hydroxylation is 1. The van der Waals surface area contributed by atoms with Crippen LogP contribution in [0.15, 0.2) is 30.3 Å². The van der Waals surface area contributed by atoms with E-state index in [2.05, 4.69) is 0 Å². The molecule has 0 saturated carbocycles. The summed E-state index contributed by atoms with van der Waals surface area (Å²) in [7, 11) is 0. The molecule has 0 unspecified atom stereocenters. The number of nitrogens with one attached hydrogen (secondary N) is 1. The van der Waals surface area contributed by atoms with Crippen LogP contribution in [-0.2, 0) is 0 Å². The molecule has 0 aromatic heterocycles. The van der Waals surface area contributed by atoms with Crippen molar-refractivity contribution >= 4 is 11.8 Å². The van der Waals surface area contributed by atoms with Crippen LogP contribution in [0.4, 0.5) is 4.39 Å². The maximum atomic E-state index is 13.3. The van der Waals surface area contributed by atoms with Crippen LogP contribution in [0.1, 0.15) is 25.0 Å². The van der Waals surface area contributed by atoms with Crippen LogP contribution in [0.25, 0.3) is 6.08 Å². The normalized spacial score (nSPS) is 12.0. The molecule has 0 heterocycles. The molecular weight excluding hydrogens is 189 g/mol. The van der Waals surface area contributed by atoms with Crippen LogP contribution < -0.4 is 0 Å². The van der Waals surface area contributed by atoms with Gasteiger partial charge in [0.25, 0.3) is 0 Å². The van der Waals surface area contributed by atoms with Crippen molar-refractivity contribution in [3.05, 3.63) is 41.5 Å². The number of halogens is 1. The molecule has 1 aromatic rings. The lowest BCUT2D eigenvalue weighted by molar-refractivity contribution is 0.314. The molecule has 0 aliphatic heterocycles. The SMILES string of the molecule is Cc1ccc(/C=C/C(=N)C(C)(C)F)cc1. The van der Waals surface area contributed by atoms with E-state index >= 15 is 0 Å². The summed E-state index contributed by atoms with van der Waals surface area (Å²) in [4.78, 5) is 0. The first kappa shape index (κ1) is 11.6. The van der Waals surface area contributed by atoms with Crippen LogP contribution in [-0.4, -0.2) is 11.4 Å². The standard InChI is InChI=1S/C13H16FN/c1-10-4-6-11(7-5-10)8-9-12(15)13(2,3)14/h4-9,15H,1-3H3/b9-8+,15-12?. The van der Waals surface area contributed by atoms with Crippen LogP contribution in [0.5, 0.6) is 0 Å². The monoisotopic (exact) mass is 205 g/mol. The Morgan fingerprint density at radius 3 is 2.27 bits per heavy atom. The van der Waals surface area contributed by atoms with Crippen molar-refractivity contribution in [2.45, 2.75) is 26.4 Å². The third-order valence-corrected chi connectivity index (χ3v) is 2.16. The average molecular weight is 205 g/mol. The summed E-state index contributed by atoms with van der Waals surface area (Å²) >= 11 is 0. The maximum Gasteiger partial charge on any atom is 0.146 e. The zero-order chi connectivity index (χ0) is 11.5. The van der Waals surface area contributed by atoms with Crippen molar-refractivity contribution in [2.75, 3.05) is 0 Å². The highest BCUT2D eigenvalue weighted by molar-refractivity contribution is 6.01. The van der Waals surface area contributed by atoms with Crippen molar-refractivity contribution in [1.29, 1.82) is 5.41 Å². The number of hydrogen-bond acceptors (Lipinski definition) is 1. The zero-order valence-corrected chi connectivity index (χ0v) is 9.34. The van der Waals surface area contributed by atoms with Gasteiger partial charge in [-0.2, -0.15) is 0 Å². The predicted molar refractivity (Wildman–Crippen MR) is 63.1 cm³/mol. The molecule has 1 rings (SSSR count). The van der Waals surface area contributed by atoms with Gasteiger partial charge >= 0.3 is 0 Å². The van der Waals surface area contributed by atoms with E-state index in [0.717, 1.165) is 5.56 Å². The van der Waals surface area contributed by atoms with Crippen molar-refractivity contribution in [3.8, 4) is 0 Å². The molecule has 0 aliphatic carbocycles. The molecule has 15 heavy (non-hydrogen) atoms. The second kappa shape index (κ2) is 4.39. The largest absolute Gasteiger partial charge is 0.302 e. The van der Waals surface area contributed by atoms with E-state index in [-0.39, 0.29) is 5.71 Å². The molecule has 0 fully saturated rings. The van der Waals surface area contributed by atoms with Gasteiger partial charge in [-0.1, -0.05) is 35.9 Å². The molecule has 0 radical (unpaired) electrons. The summed E-state index contributed by atoms with van der Waals surface area (Å²) in [5.74, 6) is 0. The summed E-state index contributed by atoms with van der Waals surface area (Å²) < 4.78 is 13.3. The van der Waals surface area contributed by atoms with Gasteiger partial charge in [0.15, 0.2) is 0 Å². The molecule has 80 valence electrons. The molecule has 0 atom stereocenters. The number of rotatable bonds is 3. The second-order valence-corrected chi connectivity index (χ2v) is 4.13. The Labute approximate surface area is 90.1 Å². The van der Waals surface area contributed by atoms with E-state index in [0.29, 0.717) is 0 Å². The minimum Gasteiger partial charge on any atom is -0.302 e. The van der Waals surface area contributed by atoms with Gasteiger partial charge in [0.2, 0.25) is 0 Å². The third-order valence-electron chi connectivity index (χ3n) is 2.16. The molecule has 1 nitrogen and oxygen atoms in total. The van der Waals surface area contributed by atoms with E-state index in [1.165, 1.54) is 25.5 Å². The lowest BCUT2D eigenvalue weighted by Gasteiger charge is -2.11. The first-order valence-electron chi connectivity index (χ1n) is 4.92. The average Bonchev–Trinajstić information content (AvgIpc) is 2.15.